The van der Waals surface area contributed by atoms with Gasteiger partial charge in [0, 0.05) is 12.8 Å². The number of aromatic amines is 1. The highest BCUT2D eigenvalue weighted by molar-refractivity contribution is 5.85. The maximum absolute atomic E-state index is 11.2. The molecule has 0 saturated heterocycles. The maximum atomic E-state index is 11.2. The summed E-state index contributed by atoms with van der Waals surface area (Å²) in [6.07, 6.45) is 0. The van der Waals surface area contributed by atoms with E-state index in [9.17, 15) is 9.90 Å². The predicted molar refractivity (Wildman–Crippen MR) is 85.5 cm³/mol. The fourth-order valence-electron chi connectivity index (χ4n) is 2.05. The second-order valence-electron chi connectivity index (χ2n) is 5.40. The Kier molecular flexibility index (Phi) is 4.65. The fourth-order valence-corrected chi connectivity index (χ4v) is 2.05. The molecule has 2 N–H and O–H groups in total. The Morgan fingerprint density at radius 3 is 2.59 bits per heavy atom. The molecular formula is C17H20N2O3. The van der Waals surface area contributed by atoms with Gasteiger partial charge in [0.25, 0.3) is 0 Å². The minimum atomic E-state index is -0.496. The summed E-state index contributed by atoms with van der Waals surface area (Å²) >= 11 is 0. The standard InChI is InChI=1S/C17H20N2O3/c1-10(2)17-18-14-11(3)8-6-5-7-9-13(22-12(4)20)16(21)15(14)19-17/h5-10,21H,1-4H3,(H,18,19). The third-order valence-corrected chi connectivity index (χ3v) is 3.18. The third kappa shape index (κ3) is 3.36. The van der Waals surface area contributed by atoms with E-state index in [1.807, 2.05) is 32.9 Å². The summed E-state index contributed by atoms with van der Waals surface area (Å²) in [4.78, 5) is 18.9. The summed E-state index contributed by atoms with van der Waals surface area (Å²) in [7, 11) is 0. The molecular weight excluding hydrogens is 280 g/mol. The zero-order valence-corrected chi connectivity index (χ0v) is 13.2. The Labute approximate surface area is 129 Å². The smallest absolute Gasteiger partial charge is 0.308 e. The van der Waals surface area contributed by atoms with Crippen LogP contribution < -0.4 is 4.74 Å². The molecule has 5 nitrogen and oxygen atoms in total. The van der Waals surface area contributed by atoms with Crippen molar-refractivity contribution in [3.63, 3.8) is 0 Å². The third-order valence-electron chi connectivity index (χ3n) is 3.18. The number of aryl methyl sites for hydroxylation is 1. The lowest BCUT2D eigenvalue weighted by atomic mass is 10.2. The molecule has 0 spiro atoms. The van der Waals surface area contributed by atoms with Gasteiger partial charge in [0.1, 0.15) is 11.3 Å². The van der Waals surface area contributed by atoms with Crippen LogP contribution in [-0.4, -0.2) is 21.0 Å². The van der Waals surface area contributed by atoms with Gasteiger partial charge in [0.15, 0.2) is 11.5 Å². The zero-order valence-electron chi connectivity index (χ0n) is 13.2. The van der Waals surface area contributed by atoms with Crippen LogP contribution in [0.25, 0.3) is 11.0 Å². The van der Waals surface area contributed by atoms with Crippen molar-refractivity contribution >= 4 is 17.0 Å². The summed E-state index contributed by atoms with van der Waals surface area (Å²) in [5, 5.41) is 10.5. The van der Waals surface area contributed by atoms with Crippen LogP contribution in [0, 0.1) is 6.92 Å². The molecule has 1 aromatic carbocycles. The summed E-state index contributed by atoms with van der Waals surface area (Å²) in [5.41, 5.74) is 2.00. The molecule has 0 saturated carbocycles. The number of aromatic hydroxyl groups is 1. The fraction of sp³-hybridized carbons (Fsp3) is 0.294. The number of esters is 1. The molecule has 2 aromatic rings. The maximum Gasteiger partial charge on any atom is 0.308 e. The number of H-pyrrole nitrogens is 1. The average molecular weight is 300 g/mol. The lowest BCUT2D eigenvalue weighted by Crippen LogP contribution is -2.01. The molecule has 0 unspecified atom stereocenters. The molecule has 22 heavy (non-hydrogen) atoms. The number of hydrogen-bond acceptors (Lipinski definition) is 4. The first kappa shape index (κ1) is 15.8. The number of aromatic nitrogens is 2. The van der Waals surface area contributed by atoms with Gasteiger partial charge in [0.2, 0.25) is 0 Å². The Hall–Kier alpha value is -2.56. The van der Waals surface area contributed by atoms with E-state index in [4.69, 9.17) is 4.74 Å². The average Bonchev–Trinajstić information content (AvgIpc) is 2.89. The van der Waals surface area contributed by atoms with E-state index < -0.39 is 5.97 Å². The highest BCUT2D eigenvalue weighted by Gasteiger charge is 2.13. The van der Waals surface area contributed by atoms with E-state index in [1.165, 1.54) is 6.92 Å². The zero-order chi connectivity index (χ0) is 16.3. The van der Waals surface area contributed by atoms with Crippen LogP contribution in [0.5, 0.6) is 11.5 Å². The molecule has 0 radical (unpaired) electrons. The molecule has 0 aliphatic rings. The first-order chi connectivity index (χ1) is 10.4. The van der Waals surface area contributed by atoms with Crippen LogP contribution >= 0.6 is 0 Å². The van der Waals surface area contributed by atoms with Crippen LogP contribution in [0.3, 0.4) is 0 Å². The largest absolute Gasteiger partial charge is 0.503 e. The number of hydrogen-bond donors (Lipinski definition) is 2. The van der Waals surface area contributed by atoms with E-state index in [2.05, 4.69) is 9.97 Å². The molecule has 2 rings (SSSR count). The topological polar surface area (TPSA) is 75.2 Å². The molecule has 0 aliphatic carbocycles. The number of nitrogens with one attached hydrogen (secondary N) is 1. The summed E-state index contributed by atoms with van der Waals surface area (Å²) in [6.45, 7) is 7.23. The van der Waals surface area contributed by atoms with Gasteiger partial charge in [-0.25, -0.2) is 4.98 Å². The van der Waals surface area contributed by atoms with Crippen LogP contribution in [0.1, 0.15) is 38.1 Å². The van der Waals surface area contributed by atoms with Crippen LogP contribution in [0.2, 0.25) is 0 Å². The Bertz CT molecular complexity index is 762. The van der Waals surface area contributed by atoms with Crippen molar-refractivity contribution in [1.29, 1.82) is 0 Å². The second kappa shape index (κ2) is 6.47. The molecule has 116 valence electrons. The Morgan fingerprint density at radius 2 is 1.95 bits per heavy atom. The van der Waals surface area contributed by atoms with Crippen LogP contribution in [0.15, 0.2) is 30.3 Å². The second-order valence-corrected chi connectivity index (χ2v) is 5.40. The molecule has 1 aromatic heterocycles. The minimum absolute atomic E-state index is 0.0899. The van der Waals surface area contributed by atoms with Gasteiger partial charge < -0.3 is 14.8 Å². The van der Waals surface area contributed by atoms with E-state index >= 15 is 0 Å². The first-order valence-electron chi connectivity index (χ1n) is 7.14. The molecule has 0 aliphatic heterocycles. The van der Waals surface area contributed by atoms with Crippen molar-refractivity contribution in [3.8, 4) is 11.5 Å². The highest BCUT2D eigenvalue weighted by Crippen LogP contribution is 2.32. The molecule has 5 heteroatoms. The first-order valence-corrected chi connectivity index (χ1v) is 7.14. The lowest BCUT2D eigenvalue weighted by molar-refractivity contribution is -0.132. The van der Waals surface area contributed by atoms with E-state index in [-0.39, 0.29) is 17.4 Å². The van der Waals surface area contributed by atoms with E-state index in [0.717, 1.165) is 11.4 Å². The normalized spacial score (nSPS) is 10.6. The lowest BCUT2D eigenvalue weighted by Gasteiger charge is -2.02. The van der Waals surface area contributed by atoms with Gasteiger partial charge >= 0.3 is 5.97 Å². The van der Waals surface area contributed by atoms with Crippen molar-refractivity contribution in [3.05, 3.63) is 41.7 Å². The van der Waals surface area contributed by atoms with Crippen molar-refractivity contribution in [2.45, 2.75) is 33.6 Å². The number of fused-ring (bicyclic) bond motifs is 1. The highest BCUT2D eigenvalue weighted by atomic mass is 16.5. The van der Waals surface area contributed by atoms with Gasteiger partial charge in [-0.05, 0) is 18.6 Å². The van der Waals surface area contributed by atoms with Gasteiger partial charge in [0.05, 0.1) is 5.52 Å². The monoisotopic (exact) mass is 300 g/mol. The molecule has 0 bridgehead atoms. The van der Waals surface area contributed by atoms with Gasteiger partial charge in [-0.3, -0.25) is 4.79 Å². The Morgan fingerprint density at radius 1 is 1.27 bits per heavy atom. The summed E-state index contributed by atoms with van der Waals surface area (Å²) < 4.78 is 5.10. The SMILES string of the molecule is CC(=O)Oc1cccccc(C)c2nc(C(C)C)[nH]c2c1O. The minimum Gasteiger partial charge on any atom is -0.503 e. The molecule has 0 fully saturated rings. The van der Waals surface area contributed by atoms with Crippen molar-refractivity contribution in [1.82, 2.24) is 9.97 Å². The molecule has 0 amide bonds. The van der Waals surface area contributed by atoms with E-state index in [1.54, 1.807) is 18.2 Å². The predicted octanol–water partition coefficient (Wildman–Crippen LogP) is 3.75. The van der Waals surface area contributed by atoms with Crippen LogP contribution in [0.4, 0.5) is 0 Å². The summed E-state index contributed by atoms with van der Waals surface area (Å²) in [5.74, 6) is 0.403. The number of carbonyl (C=O) groups is 1. The quantitative estimate of drug-likeness (QED) is 0.828. The number of rotatable bonds is 2. The van der Waals surface area contributed by atoms with E-state index in [0.29, 0.717) is 11.0 Å². The summed E-state index contributed by atoms with van der Waals surface area (Å²) in [6, 6.07) is 8.82. The van der Waals surface area contributed by atoms with Crippen molar-refractivity contribution < 1.29 is 14.6 Å². The van der Waals surface area contributed by atoms with Crippen molar-refractivity contribution in [2.75, 3.05) is 0 Å². The number of ether oxygens (including phenoxy) is 1. The van der Waals surface area contributed by atoms with Gasteiger partial charge in [-0.1, -0.05) is 38.1 Å². The Balaban J connectivity index is 2.89. The van der Waals surface area contributed by atoms with Gasteiger partial charge in [-0.15, -0.1) is 0 Å². The molecule has 0 atom stereocenters. The number of carbonyl (C=O) groups excluding carboxylic acids is 1. The molecule has 1 heterocycles. The number of nitrogens with zero attached hydrogens (tertiary/aromatic N) is 1. The number of imidazole rings is 1. The van der Waals surface area contributed by atoms with Gasteiger partial charge in [-0.2, -0.15) is 0 Å². The van der Waals surface area contributed by atoms with Crippen LogP contribution in [-0.2, 0) is 4.79 Å². The van der Waals surface area contributed by atoms with Crippen molar-refractivity contribution in [2.24, 2.45) is 0 Å².